The van der Waals surface area contributed by atoms with Crippen molar-refractivity contribution in [3.63, 3.8) is 0 Å². The van der Waals surface area contributed by atoms with Crippen LogP contribution in [0, 0.1) is 0 Å². The molecule has 1 atom stereocenters. The van der Waals surface area contributed by atoms with E-state index in [1.54, 1.807) is 0 Å². The molecular weight excluding hydrogens is 582 g/mol. The van der Waals surface area contributed by atoms with Gasteiger partial charge >= 0.3 is 0 Å². The van der Waals surface area contributed by atoms with Crippen molar-refractivity contribution in [2.45, 2.75) is 18.8 Å². The van der Waals surface area contributed by atoms with Crippen molar-refractivity contribution >= 4 is 33.3 Å². The number of hydrogen-bond donors (Lipinski definition) is 1. The van der Waals surface area contributed by atoms with E-state index >= 15 is 0 Å². The normalized spacial score (nSPS) is 16.5. The van der Waals surface area contributed by atoms with Gasteiger partial charge in [0.1, 0.15) is 0 Å². The van der Waals surface area contributed by atoms with Crippen LogP contribution in [0.15, 0.2) is 114 Å². The third-order valence-electron chi connectivity index (χ3n) is 8.55. The van der Waals surface area contributed by atoms with E-state index in [9.17, 15) is 0 Å². The highest BCUT2D eigenvalue weighted by Crippen LogP contribution is 2.42. The van der Waals surface area contributed by atoms with Gasteiger partial charge in [-0.05, 0) is 71.5 Å². The van der Waals surface area contributed by atoms with Crippen LogP contribution >= 0.6 is 15.9 Å². The molecule has 5 nitrogen and oxygen atoms in total. The lowest BCUT2D eigenvalue weighted by molar-refractivity contribution is 0.261. The highest BCUT2D eigenvalue weighted by Gasteiger charge is 2.27. The Morgan fingerprint density at radius 2 is 1.60 bits per heavy atom. The van der Waals surface area contributed by atoms with Crippen LogP contribution in [-0.2, 0) is 12.8 Å². The lowest BCUT2D eigenvalue weighted by Crippen LogP contribution is -2.46. The third kappa shape index (κ3) is 5.83. The molecule has 4 aromatic carbocycles. The molecule has 210 valence electrons. The number of hydrogen-bond acceptors (Lipinski definition) is 5. The second kappa shape index (κ2) is 12.1. The quantitative estimate of drug-likeness (QED) is 0.203. The van der Waals surface area contributed by atoms with Crippen LogP contribution in [0.1, 0.15) is 28.2 Å². The fraction of sp³-hybridized carbons (Fsp3) is 0.222. The molecule has 5 aromatic rings. The zero-order valence-corrected chi connectivity index (χ0v) is 25.2. The summed E-state index contributed by atoms with van der Waals surface area (Å²) in [7, 11) is 0. The topological polar surface area (TPSA) is 44.3 Å². The van der Waals surface area contributed by atoms with Crippen LogP contribution < -0.4 is 10.2 Å². The van der Waals surface area contributed by atoms with Crippen LogP contribution in [-0.4, -0.2) is 47.6 Å². The molecule has 2 heterocycles. The maximum Gasteiger partial charge on any atom is 0.227 e. The largest absolute Gasteiger partial charge is 0.369 e. The maximum atomic E-state index is 5.00. The number of nitrogens with one attached hydrogen (secondary N) is 1. The molecule has 6 heteroatoms. The van der Waals surface area contributed by atoms with Crippen molar-refractivity contribution < 1.29 is 0 Å². The van der Waals surface area contributed by atoms with Crippen molar-refractivity contribution in [3.8, 4) is 11.3 Å². The van der Waals surface area contributed by atoms with Gasteiger partial charge in [-0.1, -0.05) is 82.7 Å². The van der Waals surface area contributed by atoms with E-state index in [0.29, 0.717) is 5.95 Å². The van der Waals surface area contributed by atoms with Gasteiger partial charge < -0.3 is 10.2 Å². The monoisotopic (exact) mass is 615 g/mol. The zero-order chi connectivity index (χ0) is 28.3. The third-order valence-corrected chi connectivity index (χ3v) is 9.04. The SMILES string of the molecule is Brc1cccc(C2Cc3cnc(Nc4ccc(CCN5CCN(c6ccccc6)CC5)cc4)nc3-c3ccccc32)c1. The highest BCUT2D eigenvalue weighted by molar-refractivity contribution is 9.10. The molecule has 1 fully saturated rings. The summed E-state index contributed by atoms with van der Waals surface area (Å²) in [4.78, 5) is 14.8. The number of aromatic nitrogens is 2. The minimum absolute atomic E-state index is 0.286. The second-order valence-corrected chi connectivity index (χ2v) is 12.1. The second-order valence-electron chi connectivity index (χ2n) is 11.2. The predicted molar refractivity (Wildman–Crippen MR) is 176 cm³/mol. The van der Waals surface area contributed by atoms with Gasteiger partial charge in [-0.3, -0.25) is 4.90 Å². The van der Waals surface area contributed by atoms with E-state index in [0.717, 1.165) is 61.4 Å². The molecule has 0 radical (unpaired) electrons. The first kappa shape index (κ1) is 26.9. The Bertz CT molecular complexity index is 1660. The Hall–Kier alpha value is -4.00. The molecule has 0 spiro atoms. The van der Waals surface area contributed by atoms with Gasteiger partial charge in [0.25, 0.3) is 0 Å². The van der Waals surface area contributed by atoms with E-state index in [1.807, 2.05) is 6.20 Å². The molecule has 42 heavy (non-hydrogen) atoms. The first-order chi connectivity index (χ1) is 20.7. The molecule has 0 bridgehead atoms. The summed E-state index contributed by atoms with van der Waals surface area (Å²) < 4.78 is 1.10. The average molecular weight is 617 g/mol. The van der Waals surface area contributed by atoms with Gasteiger partial charge in [-0.15, -0.1) is 0 Å². The van der Waals surface area contributed by atoms with Crippen LogP contribution in [0.5, 0.6) is 0 Å². The van der Waals surface area contributed by atoms with Crippen LogP contribution in [0.25, 0.3) is 11.3 Å². The van der Waals surface area contributed by atoms with Gasteiger partial charge in [-0.2, -0.15) is 0 Å². The first-order valence-electron chi connectivity index (χ1n) is 14.8. The fourth-order valence-corrected chi connectivity index (χ4v) is 6.67. The number of rotatable bonds is 7. The molecule has 1 unspecified atom stereocenters. The summed E-state index contributed by atoms with van der Waals surface area (Å²) in [5.74, 6) is 0.919. The zero-order valence-electron chi connectivity index (χ0n) is 23.6. The number of fused-ring (bicyclic) bond motifs is 3. The summed E-state index contributed by atoms with van der Waals surface area (Å²) in [6.45, 7) is 5.48. The minimum atomic E-state index is 0.286. The molecule has 2 aliphatic rings. The van der Waals surface area contributed by atoms with Crippen LogP contribution in [0.3, 0.4) is 0 Å². The smallest absolute Gasteiger partial charge is 0.227 e. The van der Waals surface area contributed by atoms with Gasteiger partial charge in [0.15, 0.2) is 0 Å². The van der Waals surface area contributed by atoms with E-state index in [2.05, 4.69) is 134 Å². The number of halogens is 1. The lowest BCUT2D eigenvalue weighted by atomic mass is 9.78. The standard InChI is InChI=1S/C36H34BrN5/c37-29-8-6-7-27(23-29)34-24-28-25-38-36(40-35(28)33-12-5-4-11-32(33)34)39-30-15-13-26(14-16-30)17-18-41-19-21-42(22-20-41)31-9-2-1-3-10-31/h1-16,23,25,34H,17-22,24H2,(H,38,39,40). The van der Waals surface area contributed by atoms with Crippen molar-refractivity contribution in [2.75, 3.05) is 42.9 Å². The van der Waals surface area contributed by atoms with Gasteiger partial charge in [0.2, 0.25) is 5.95 Å². The number of para-hydroxylation sites is 1. The van der Waals surface area contributed by atoms with E-state index in [-0.39, 0.29) is 5.92 Å². The van der Waals surface area contributed by atoms with E-state index in [4.69, 9.17) is 9.97 Å². The first-order valence-corrected chi connectivity index (χ1v) is 15.6. The summed E-state index contributed by atoms with van der Waals surface area (Å²) in [5.41, 5.74) is 9.71. The highest BCUT2D eigenvalue weighted by atomic mass is 79.9. The molecule has 0 saturated carbocycles. The molecule has 1 saturated heterocycles. The Labute approximate surface area is 256 Å². The predicted octanol–water partition coefficient (Wildman–Crippen LogP) is 7.70. The van der Waals surface area contributed by atoms with Crippen molar-refractivity contribution in [1.29, 1.82) is 0 Å². The summed E-state index contributed by atoms with van der Waals surface area (Å²) in [5, 5.41) is 3.44. The number of nitrogens with zero attached hydrogens (tertiary/aromatic N) is 4. The lowest BCUT2D eigenvalue weighted by Gasteiger charge is -2.36. The summed E-state index contributed by atoms with van der Waals surface area (Å²) in [6.07, 6.45) is 3.94. The van der Waals surface area contributed by atoms with Gasteiger partial charge in [-0.25, -0.2) is 9.97 Å². The number of benzene rings is 4. The summed E-state index contributed by atoms with van der Waals surface area (Å²) in [6, 6.07) is 36.7. The van der Waals surface area contributed by atoms with Crippen LogP contribution in [0.4, 0.5) is 17.3 Å². The van der Waals surface area contributed by atoms with E-state index in [1.165, 1.54) is 33.5 Å². The molecule has 7 rings (SSSR count). The van der Waals surface area contributed by atoms with Gasteiger partial charge in [0, 0.05) is 66.2 Å². The average Bonchev–Trinajstić information content (AvgIpc) is 3.05. The molecule has 1 N–H and O–H groups in total. The molecule has 1 aliphatic heterocycles. The van der Waals surface area contributed by atoms with Crippen LogP contribution in [0.2, 0.25) is 0 Å². The minimum Gasteiger partial charge on any atom is -0.369 e. The van der Waals surface area contributed by atoms with Crippen molar-refractivity contribution in [3.05, 3.63) is 136 Å². The maximum absolute atomic E-state index is 5.00. The Morgan fingerprint density at radius 3 is 2.40 bits per heavy atom. The summed E-state index contributed by atoms with van der Waals surface area (Å²) >= 11 is 3.65. The molecule has 1 aromatic heterocycles. The van der Waals surface area contributed by atoms with Crippen molar-refractivity contribution in [1.82, 2.24) is 14.9 Å². The number of anilines is 3. The van der Waals surface area contributed by atoms with Crippen molar-refractivity contribution in [2.24, 2.45) is 0 Å². The van der Waals surface area contributed by atoms with E-state index < -0.39 is 0 Å². The number of piperazine rings is 1. The molecular formula is C36H34BrN5. The van der Waals surface area contributed by atoms with Gasteiger partial charge in [0.05, 0.1) is 5.69 Å². The Kier molecular flexibility index (Phi) is 7.73. The fourth-order valence-electron chi connectivity index (χ4n) is 6.26. The Balaban J connectivity index is 0.989. The Morgan fingerprint density at radius 1 is 0.810 bits per heavy atom. The molecule has 0 amide bonds. The molecule has 1 aliphatic carbocycles.